The molecule has 4 aromatic rings. The van der Waals surface area contributed by atoms with Crippen molar-refractivity contribution in [3.05, 3.63) is 84.2 Å². The van der Waals surface area contributed by atoms with Crippen molar-refractivity contribution in [1.82, 2.24) is 13.7 Å². The lowest BCUT2D eigenvalue weighted by Gasteiger charge is -2.12. The number of hydrogen-bond donors (Lipinski definition) is 1. The van der Waals surface area contributed by atoms with Crippen molar-refractivity contribution >= 4 is 27.3 Å². The third-order valence-electron chi connectivity index (χ3n) is 5.02. The molecule has 0 aliphatic carbocycles. The summed E-state index contributed by atoms with van der Waals surface area (Å²) in [6.45, 7) is 2.00. The molecule has 1 N–H and O–H groups in total. The van der Waals surface area contributed by atoms with Crippen molar-refractivity contribution in [3.8, 4) is 11.3 Å². The summed E-state index contributed by atoms with van der Waals surface area (Å²) in [4.78, 5) is 17.7. The van der Waals surface area contributed by atoms with Gasteiger partial charge in [-0.25, -0.2) is 17.7 Å². The Balaban J connectivity index is 1.63. The van der Waals surface area contributed by atoms with Crippen LogP contribution in [0.4, 0.5) is 5.69 Å². The summed E-state index contributed by atoms with van der Waals surface area (Å²) in [6.07, 6.45) is 3.86. The third kappa shape index (κ3) is 3.95. The van der Waals surface area contributed by atoms with Crippen LogP contribution in [0.5, 0.6) is 0 Å². The number of aryl methyl sites for hydroxylation is 1. The fourth-order valence-corrected chi connectivity index (χ4v) is 4.18. The van der Waals surface area contributed by atoms with E-state index in [2.05, 4.69) is 5.32 Å². The molecule has 8 heteroatoms. The van der Waals surface area contributed by atoms with E-state index in [1.165, 1.54) is 38.4 Å². The molecule has 4 rings (SSSR count). The molecule has 0 unspecified atom stereocenters. The average molecular weight is 435 g/mol. The Kier molecular flexibility index (Phi) is 5.34. The van der Waals surface area contributed by atoms with Crippen molar-refractivity contribution in [2.45, 2.75) is 11.8 Å². The van der Waals surface area contributed by atoms with Gasteiger partial charge in [0.2, 0.25) is 10.0 Å². The number of rotatable bonds is 5. The van der Waals surface area contributed by atoms with E-state index in [1.54, 1.807) is 0 Å². The number of nitrogens with zero attached hydrogens (tertiary/aromatic N) is 3. The maximum absolute atomic E-state index is 12.8. The zero-order valence-electron chi connectivity index (χ0n) is 17.4. The fourth-order valence-electron chi connectivity index (χ4n) is 3.28. The molecule has 31 heavy (non-hydrogen) atoms. The van der Waals surface area contributed by atoms with E-state index in [-0.39, 0.29) is 10.8 Å². The van der Waals surface area contributed by atoms with E-state index in [0.29, 0.717) is 11.3 Å². The van der Waals surface area contributed by atoms with Crippen LogP contribution >= 0.6 is 0 Å². The van der Waals surface area contributed by atoms with Gasteiger partial charge in [-0.1, -0.05) is 24.3 Å². The van der Waals surface area contributed by atoms with Crippen LogP contribution in [0, 0.1) is 6.92 Å². The summed E-state index contributed by atoms with van der Waals surface area (Å²) >= 11 is 0. The van der Waals surface area contributed by atoms with Gasteiger partial charge in [-0.15, -0.1) is 0 Å². The lowest BCUT2D eigenvalue weighted by molar-refractivity contribution is 0.102. The number of carbonyl (C=O) groups excluding carboxylic acids is 1. The first-order valence-corrected chi connectivity index (χ1v) is 11.1. The maximum Gasteiger partial charge on any atom is 0.255 e. The summed E-state index contributed by atoms with van der Waals surface area (Å²) in [5, 5.41) is 2.92. The number of nitrogens with one attached hydrogen (secondary N) is 1. The second-order valence-electron chi connectivity index (χ2n) is 7.36. The average Bonchev–Trinajstić information content (AvgIpc) is 3.19. The van der Waals surface area contributed by atoms with Crippen LogP contribution in [-0.2, 0) is 10.0 Å². The highest BCUT2D eigenvalue weighted by molar-refractivity contribution is 7.89. The van der Waals surface area contributed by atoms with Crippen LogP contribution in [0.25, 0.3) is 16.9 Å². The van der Waals surface area contributed by atoms with Crippen LogP contribution in [0.15, 0.2) is 78.0 Å². The lowest BCUT2D eigenvalue weighted by atomic mass is 10.1. The van der Waals surface area contributed by atoms with E-state index >= 15 is 0 Å². The second-order valence-corrected chi connectivity index (χ2v) is 9.51. The highest BCUT2D eigenvalue weighted by Gasteiger charge is 2.18. The SMILES string of the molecule is Cc1cccn2cc(-c3ccccc3NC(=O)c3ccc(S(=O)(=O)N(C)C)cc3)nc12. The summed E-state index contributed by atoms with van der Waals surface area (Å²) < 4.78 is 27.5. The number of anilines is 1. The molecule has 7 nitrogen and oxygen atoms in total. The summed E-state index contributed by atoms with van der Waals surface area (Å²) in [5.41, 5.74) is 4.44. The number of fused-ring (bicyclic) bond motifs is 1. The first-order chi connectivity index (χ1) is 14.8. The summed E-state index contributed by atoms with van der Waals surface area (Å²) in [6, 6.07) is 17.3. The molecule has 0 saturated heterocycles. The van der Waals surface area contributed by atoms with Gasteiger partial charge in [0.05, 0.1) is 16.3 Å². The number of para-hydroxylation sites is 1. The number of aromatic nitrogens is 2. The van der Waals surface area contributed by atoms with Crippen LogP contribution in [-0.4, -0.2) is 42.1 Å². The third-order valence-corrected chi connectivity index (χ3v) is 6.85. The van der Waals surface area contributed by atoms with Crippen LogP contribution in [0.3, 0.4) is 0 Å². The van der Waals surface area contributed by atoms with Gasteiger partial charge < -0.3 is 9.72 Å². The molecule has 1 amide bonds. The number of imidazole rings is 1. The first kappa shape index (κ1) is 20.8. The molecule has 0 aliphatic heterocycles. The monoisotopic (exact) mass is 434 g/mol. The van der Waals surface area contributed by atoms with Gasteiger partial charge in [0.1, 0.15) is 5.65 Å². The molecular weight excluding hydrogens is 412 g/mol. The number of benzene rings is 2. The van der Waals surface area contributed by atoms with Gasteiger partial charge in [-0.3, -0.25) is 4.79 Å². The summed E-state index contributed by atoms with van der Waals surface area (Å²) in [7, 11) is -0.614. The van der Waals surface area contributed by atoms with Gasteiger partial charge in [-0.2, -0.15) is 0 Å². The number of pyridine rings is 1. The summed E-state index contributed by atoms with van der Waals surface area (Å²) in [5.74, 6) is -0.332. The molecule has 0 fully saturated rings. The predicted octanol–water partition coefficient (Wildman–Crippen LogP) is 3.81. The quantitative estimate of drug-likeness (QED) is 0.518. The van der Waals surface area contributed by atoms with Crippen LogP contribution < -0.4 is 5.32 Å². The molecular formula is C23H22N4O3S. The smallest absolute Gasteiger partial charge is 0.255 e. The number of carbonyl (C=O) groups is 1. The van der Waals surface area contributed by atoms with Gasteiger partial charge in [0, 0.05) is 37.6 Å². The van der Waals surface area contributed by atoms with Gasteiger partial charge in [0.15, 0.2) is 0 Å². The van der Waals surface area contributed by atoms with Crippen LogP contribution in [0.1, 0.15) is 15.9 Å². The fraction of sp³-hybridized carbons (Fsp3) is 0.130. The molecule has 0 saturated carbocycles. The van der Waals surface area contributed by atoms with E-state index < -0.39 is 10.0 Å². The highest BCUT2D eigenvalue weighted by Crippen LogP contribution is 2.28. The Labute approximate surface area is 181 Å². The molecule has 2 aromatic heterocycles. The van der Waals surface area contributed by atoms with E-state index in [0.717, 1.165) is 26.8 Å². The van der Waals surface area contributed by atoms with Crippen LogP contribution in [0.2, 0.25) is 0 Å². The Morgan fingerprint density at radius 3 is 2.39 bits per heavy atom. The molecule has 0 aliphatic rings. The van der Waals surface area contributed by atoms with Crippen molar-refractivity contribution < 1.29 is 13.2 Å². The van der Waals surface area contributed by atoms with Crippen molar-refractivity contribution in [1.29, 1.82) is 0 Å². The second kappa shape index (κ2) is 7.98. The minimum absolute atomic E-state index is 0.134. The standard InChI is InChI=1S/C23H22N4O3S/c1-16-7-6-14-27-15-21(24-22(16)27)19-8-4-5-9-20(19)25-23(28)17-10-12-18(13-11-17)31(29,30)26(2)3/h4-15H,1-3H3,(H,25,28). The number of amides is 1. The largest absolute Gasteiger partial charge is 0.321 e. The zero-order valence-corrected chi connectivity index (χ0v) is 18.2. The van der Waals surface area contributed by atoms with Crippen molar-refractivity contribution in [2.75, 3.05) is 19.4 Å². The predicted molar refractivity (Wildman–Crippen MR) is 121 cm³/mol. The molecule has 2 heterocycles. The number of hydrogen-bond acceptors (Lipinski definition) is 4. The minimum atomic E-state index is -3.55. The van der Waals surface area contributed by atoms with E-state index in [4.69, 9.17) is 4.98 Å². The maximum atomic E-state index is 12.8. The Hall–Kier alpha value is -3.49. The van der Waals surface area contributed by atoms with Crippen molar-refractivity contribution in [3.63, 3.8) is 0 Å². The molecule has 0 spiro atoms. The van der Waals surface area contributed by atoms with Crippen molar-refractivity contribution in [2.24, 2.45) is 0 Å². The van der Waals surface area contributed by atoms with E-state index in [1.807, 2.05) is 60.1 Å². The molecule has 0 radical (unpaired) electrons. The van der Waals surface area contributed by atoms with Gasteiger partial charge >= 0.3 is 0 Å². The highest BCUT2D eigenvalue weighted by atomic mass is 32.2. The van der Waals surface area contributed by atoms with E-state index in [9.17, 15) is 13.2 Å². The Morgan fingerprint density at radius 2 is 1.71 bits per heavy atom. The Bertz CT molecular complexity index is 1370. The molecule has 0 atom stereocenters. The molecule has 0 bridgehead atoms. The normalized spacial score (nSPS) is 11.7. The first-order valence-electron chi connectivity index (χ1n) is 9.65. The lowest BCUT2D eigenvalue weighted by Crippen LogP contribution is -2.22. The number of sulfonamides is 1. The Morgan fingerprint density at radius 1 is 1.00 bits per heavy atom. The topological polar surface area (TPSA) is 83.8 Å². The van der Waals surface area contributed by atoms with Gasteiger partial charge in [0.25, 0.3) is 5.91 Å². The zero-order chi connectivity index (χ0) is 22.2. The molecule has 2 aromatic carbocycles. The minimum Gasteiger partial charge on any atom is -0.321 e. The van der Waals surface area contributed by atoms with Gasteiger partial charge in [-0.05, 0) is 48.9 Å². The molecule has 158 valence electrons.